The van der Waals surface area contributed by atoms with Crippen LogP contribution in [0.2, 0.25) is 0 Å². The summed E-state index contributed by atoms with van der Waals surface area (Å²) in [5.41, 5.74) is -0.458. The van der Waals surface area contributed by atoms with E-state index < -0.39 is 5.60 Å². The number of esters is 1. The highest BCUT2D eigenvalue weighted by Gasteiger charge is 2.08. The first-order valence-electron chi connectivity index (χ1n) is 5.08. The van der Waals surface area contributed by atoms with Gasteiger partial charge in [-0.25, -0.2) is 0 Å². The fraction of sp³-hybridized carbons (Fsp3) is 0.909. The quantitative estimate of drug-likeness (QED) is 0.718. The summed E-state index contributed by atoms with van der Waals surface area (Å²) in [7, 11) is 1.41. The van der Waals surface area contributed by atoms with Crippen LogP contribution in [-0.2, 0) is 9.53 Å². The Morgan fingerprint density at radius 3 is 1.86 bits per heavy atom. The standard InChI is InChI=1S/C6H12O2.C5H12O/c1-4-5(2)6(7)8-3;1-4-5(2,3)6/h5H,4H2,1-3H3;6H,4H2,1-3H3. The first-order chi connectivity index (χ1) is 6.28. The SMILES string of the molecule is CCC(C)(C)O.CCC(C)C(=O)OC. The molecule has 3 heteroatoms. The van der Waals surface area contributed by atoms with Crippen LogP contribution in [0.5, 0.6) is 0 Å². The van der Waals surface area contributed by atoms with E-state index in [0.29, 0.717) is 0 Å². The molecule has 0 aliphatic heterocycles. The van der Waals surface area contributed by atoms with Crippen molar-refractivity contribution in [2.75, 3.05) is 7.11 Å². The van der Waals surface area contributed by atoms with Crippen molar-refractivity contribution in [3.8, 4) is 0 Å². The van der Waals surface area contributed by atoms with Crippen molar-refractivity contribution in [3.05, 3.63) is 0 Å². The van der Waals surface area contributed by atoms with Gasteiger partial charge in [0.1, 0.15) is 0 Å². The minimum Gasteiger partial charge on any atom is -0.469 e. The van der Waals surface area contributed by atoms with Gasteiger partial charge in [0.05, 0.1) is 18.6 Å². The zero-order chi connectivity index (χ0) is 11.8. The van der Waals surface area contributed by atoms with Crippen LogP contribution in [0.15, 0.2) is 0 Å². The van der Waals surface area contributed by atoms with E-state index in [9.17, 15) is 4.79 Å². The zero-order valence-electron chi connectivity index (χ0n) is 10.3. The van der Waals surface area contributed by atoms with Gasteiger partial charge in [-0.15, -0.1) is 0 Å². The van der Waals surface area contributed by atoms with Gasteiger partial charge in [-0.2, -0.15) is 0 Å². The summed E-state index contributed by atoms with van der Waals surface area (Å²) in [6.45, 7) is 9.37. The van der Waals surface area contributed by atoms with Crippen molar-refractivity contribution in [2.24, 2.45) is 5.92 Å². The highest BCUT2D eigenvalue weighted by molar-refractivity contribution is 5.71. The van der Waals surface area contributed by atoms with Crippen LogP contribution in [0.3, 0.4) is 0 Å². The molecule has 0 bridgehead atoms. The summed E-state index contributed by atoms with van der Waals surface area (Å²) in [5, 5.41) is 8.83. The molecule has 0 aromatic carbocycles. The van der Waals surface area contributed by atoms with Crippen molar-refractivity contribution in [1.82, 2.24) is 0 Å². The van der Waals surface area contributed by atoms with Crippen LogP contribution in [0, 0.1) is 5.92 Å². The number of carbonyl (C=O) groups is 1. The van der Waals surface area contributed by atoms with E-state index >= 15 is 0 Å². The molecule has 0 saturated carbocycles. The fourth-order valence-corrected chi connectivity index (χ4v) is 0.368. The number of aliphatic hydroxyl groups is 1. The van der Waals surface area contributed by atoms with Crippen LogP contribution < -0.4 is 0 Å². The molecule has 0 fully saturated rings. The van der Waals surface area contributed by atoms with E-state index in [0.717, 1.165) is 12.8 Å². The van der Waals surface area contributed by atoms with Crippen LogP contribution in [0.1, 0.15) is 47.5 Å². The zero-order valence-corrected chi connectivity index (χ0v) is 10.3. The molecule has 0 radical (unpaired) electrons. The Labute approximate surface area is 87.5 Å². The molecule has 0 aliphatic rings. The highest BCUT2D eigenvalue weighted by atomic mass is 16.5. The molecule has 1 atom stereocenters. The Morgan fingerprint density at radius 2 is 1.79 bits per heavy atom. The molecule has 0 heterocycles. The van der Waals surface area contributed by atoms with E-state index in [2.05, 4.69) is 4.74 Å². The predicted molar refractivity (Wildman–Crippen MR) is 58.1 cm³/mol. The summed E-state index contributed by atoms with van der Waals surface area (Å²) < 4.78 is 4.46. The third kappa shape index (κ3) is 11.4. The fourth-order valence-electron chi connectivity index (χ4n) is 0.368. The third-order valence-corrected chi connectivity index (χ3v) is 2.08. The third-order valence-electron chi connectivity index (χ3n) is 2.08. The van der Waals surface area contributed by atoms with Crippen molar-refractivity contribution >= 4 is 5.97 Å². The molecule has 86 valence electrons. The molecule has 0 saturated heterocycles. The Morgan fingerprint density at radius 1 is 1.43 bits per heavy atom. The summed E-state index contributed by atoms with van der Waals surface area (Å²) in [4.78, 5) is 10.5. The molecule has 0 aliphatic carbocycles. The smallest absolute Gasteiger partial charge is 0.308 e. The largest absolute Gasteiger partial charge is 0.469 e. The molecule has 0 aromatic rings. The lowest BCUT2D eigenvalue weighted by Gasteiger charge is -2.11. The first-order valence-corrected chi connectivity index (χ1v) is 5.08. The van der Waals surface area contributed by atoms with Crippen molar-refractivity contribution < 1.29 is 14.6 Å². The molecule has 0 amide bonds. The van der Waals surface area contributed by atoms with Gasteiger partial charge in [-0.3, -0.25) is 4.79 Å². The summed E-state index contributed by atoms with van der Waals surface area (Å²) >= 11 is 0. The van der Waals surface area contributed by atoms with Gasteiger partial charge in [0.25, 0.3) is 0 Å². The Kier molecular flexibility index (Phi) is 8.85. The first kappa shape index (κ1) is 15.9. The second kappa shape index (κ2) is 7.80. The molecular formula is C11H24O3. The van der Waals surface area contributed by atoms with Gasteiger partial charge >= 0.3 is 5.97 Å². The van der Waals surface area contributed by atoms with Gasteiger partial charge < -0.3 is 9.84 Å². The number of carbonyl (C=O) groups excluding carboxylic acids is 1. The van der Waals surface area contributed by atoms with E-state index in [-0.39, 0.29) is 11.9 Å². The lowest BCUT2D eigenvalue weighted by Crippen LogP contribution is -2.15. The summed E-state index contributed by atoms with van der Waals surface area (Å²) in [6.07, 6.45) is 1.68. The molecule has 1 unspecified atom stereocenters. The van der Waals surface area contributed by atoms with Crippen LogP contribution >= 0.6 is 0 Å². The van der Waals surface area contributed by atoms with Crippen molar-refractivity contribution in [2.45, 2.75) is 53.1 Å². The molecule has 0 spiro atoms. The lowest BCUT2D eigenvalue weighted by molar-refractivity contribution is -0.144. The van der Waals surface area contributed by atoms with Gasteiger partial charge in [-0.1, -0.05) is 20.8 Å². The van der Waals surface area contributed by atoms with E-state index in [1.165, 1.54) is 7.11 Å². The van der Waals surface area contributed by atoms with Gasteiger partial charge in [0, 0.05) is 0 Å². The Balaban J connectivity index is 0. The molecule has 1 N–H and O–H groups in total. The highest BCUT2D eigenvalue weighted by Crippen LogP contribution is 2.03. The number of hydrogen-bond acceptors (Lipinski definition) is 3. The van der Waals surface area contributed by atoms with Crippen molar-refractivity contribution in [3.63, 3.8) is 0 Å². The van der Waals surface area contributed by atoms with Crippen LogP contribution in [0.25, 0.3) is 0 Å². The van der Waals surface area contributed by atoms with Gasteiger partial charge in [-0.05, 0) is 26.7 Å². The molecule has 0 aromatic heterocycles. The summed E-state index contributed by atoms with van der Waals surface area (Å²) in [6, 6.07) is 0. The Hall–Kier alpha value is -0.570. The second-order valence-electron chi connectivity index (χ2n) is 4.00. The molecule has 3 nitrogen and oxygen atoms in total. The minimum atomic E-state index is -0.458. The number of methoxy groups -OCH3 is 1. The van der Waals surface area contributed by atoms with Gasteiger partial charge in [0.15, 0.2) is 0 Å². The second-order valence-corrected chi connectivity index (χ2v) is 4.00. The van der Waals surface area contributed by atoms with E-state index in [1.54, 1.807) is 13.8 Å². The number of hydrogen-bond donors (Lipinski definition) is 1. The average Bonchev–Trinajstić information content (AvgIpc) is 2.15. The molecular weight excluding hydrogens is 180 g/mol. The minimum absolute atomic E-state index is 0.0556. The number of rotatable bonds is 3. The van der Waals surface area contributed by atoms with Crippen molar-refractivity contribution in [1.29, 1.82) is 0 Å². The topological polar surface area (TPSA) is 46.5 Å². The average molecular weight is 204 g/mol. The molecule has 14 heavy (non-hydrogen) atoms. The van der Waals surface area contributed by atoms with E-state index in [4.69, 9.17) is 5.11 Å². The van der Waals surface area contributed by atoms with Gasteiger partial charge in [0.2, 0.25) is 0 Å². The monoisotopic (exact) mass is 204 g/mol. The lowest BCUT2D eigenvalue weighted by atomic mass is 10.1. The van der Waals surface area contributed by atoms with Crippen LogP contribution in [0.4, 0.5) is 0 Å². The van der Waals surface area contributed by atoms with Crippen LogP contribution in [-0.4, -0.2) is 23.8 Å². The normalized spacial score (nSPS) is 12.5. The van der Waals surface area contributed by atoms with E-state index in [1.807, 2.05) is 20.8 Å². The maximum Gasteiger partial charge on any atom is 0.308 e. The maximum atomic E-state index is 10.5. The Bertz CT molecular complexity index is 147. The number of ether oxygens (including phenoxy) is 1. The molecule has 0 rings (SSSR count). The summed E-state index contributed by atoms with van der Waals surface area (Å²) in [5.74, 6) is -0.0625. The predicted octanol–water partition coefficient (Wildman–Crippen LogP) is 2.37. The maximum absolute atomic E-state index is 10.5.